The number of benzene rings is 1. The molecule has 1 heterocycles. The third-order valence-corrected chi connectivity index (χ3v) is 5.02. The van der Waals surface area contributed by atoms with E-state index in [4.69, 9.17) is 4.74 Å². The maximum Gasteiger partial charge on any atom is 0.220 e. The number of carbonyl (C=O) groups is 1. The van der Waals surface area contributed by atoms with Crippen LogP contribution >= 0.6 is 24.0 Å². The van der Waals surface area contributed by atoms with Crippen molar-refractivity contribution in [3.05, 3.63) is 24.3 Å². The van der Waals surface area contributed by atoms with Gasteiger partial charge in [0.15, 0.2) is 5.96 Å². The lowest BCUT2D eigenvalue weighted by Crippen LogP contribution is -2.52. The maximum atomic E-state index is 11.7. The van der Waals surface area contributed by atoms with Crippen molar-refractivity contribution in [1.82, 2.24) is 15.5 Å². The number of rotatable bonds is 7. The summed E-state index contributed by atoms with van der Waals surface area (Å²) < 4.78 is 5.32. The molecule has 1 aromatic carbocycles. The number of hydrogen-bond acceptors (Lipinski definition) is 4. The van der Waals surface area contributed by atoms with Gasteiger partial charge in [-0.05, 0) is 31.4 Å². The number of amides is 1. The van der Waals surface area contributed by atoms with E-state index < -0.39 is 0 Å². The average molecular weight is 501 g/mol. The zero-order valence-electron chi connectivity index (χ0n) is 16.8. The van der Waals surface area contributed by atoms with Crippen molar-refractivity contribution in [1.29, 1.82) is 0 Å². The predicted molar refractivity (Wildman–Crippen MR) is 124 cm³/mol. The molecule has 8 heteroatoms. The number of carbonyl (C=O) groups excluding carboxylic acids is 1. The molecule has 0 spiro atoms. The number of ether oxygens (including phenoxy) is 1. The van der Waals surface area contributed by atoms with Gasteiger partial charge in [0.2, 0.25) is 5.91 Å². The second kappa shape index (κ2) is 11.3. The Morgan fingerprint density at radius 3 is 2.64 bits per heavy atom. The summed E-state index contributed by atoms with van der Waals surface area (Å²) in [4.78, 5) is 20.8. The second-order valence-electron chi connectivity index (χ2n) is 7.09. The number of methoxy groups -OCH3 is 1. The molecule has 7 nitrogen and oxygen atoms in total. The van der Waals surface area contributed by atoms with Crippen LogP contribution in [0.4, 0.5) is 5.69 Å². The van der Waals surface area contributed by atoms with Crippen LogP contribution in [0.5, 0.6) is 5.75 Å². The molecule has 156 valence electrons. The fraction of sp³-hybridized carbons (Fsp3) is 0.600. The molecule has 0 radical (unpaired) electrons. The number of anilines is 1. The van der Waals surface area contributed by atoms with Crippen LogP contribution < -0.4 is 20.3 Å². The monoisotopic (exact) mass is 501 g/mol. The number of aliphatic imine (C=N–C) groups is 1. The molecule has 0 atom stereocenters. The van der Waals surface area contributed by atoms with Crippen LogP contribution in [-0.2, 0) is 4.79 Å². The van der Waals surface area contributed by atoms with Crippen LogP contribution in [0.15, 0.2) is 29.3 Å². The smallest absolute Gasteiger partial charge is 0.220 e. The van der Waals surface area contributed by atoms with E-state index >= 15 is 0 Å². The number of hydrogen-bond donors (Lipinski definition) is 2. The average Bonchev–Trinajstić information content (AvgIpc) is 3.52. The van der Waals surface area contributed by atoms with E-state index in [1.54, 1.807) is 7.11 Å². The van der Waals surface area contributed by atoms with Gasteiger partial charge in [-0.3, -0.25) is 9.79 Å². The van der Waals surface area contributed by atoms with E-state index in [0.717, 1.165) is 63.7 Å². The first-order valence-electron chi connectivity index (χ1n) is 9.83. The van der Waals surface area contributed by atoms with E-state index in [-0.39, 0.29) is 29.9 Å². The lowest BCUT2D eigenvalue weighted by Gasteiger charge is -2.37. The van der Waals surface area contributed by atoms with Crippen molar-refractivity contribution in [3.8, 4) is 5.75 Å². The molecule has 3 rings (SSSR count). The molecule has 0 aromatic heterocycles. The maximum absolute atomic E-state index is 11.7. The molecule has 2 aliphatic rings. The first kappa shape index (κ1) is 22.6. The van der Waals surface area contributed by atoms with Crippen molar-refractivity contribution in [2.24, 2.45) is 4.99 Å². The molecule has 28 heavy (non-hydrogen) atoms. The number of piperazine rings is 1. The first-order valence-corrected chi connectivity index (χ1v) is 9.83. The summed E-state index contributed by atoms with van der Waals surface area (Å²) in [5.41, 5.74) is 1.19. The topological polar surface area (TPSA) is 69.2 Å². The molecule has 1 saturated heterocycles. The summed E-state index contributed by atoms with van der Waals surface area (Å²) >= 11 is 0. The van der Waals surface area contributed by atoms with Gasteiger partial charge in [-0.25, -0.2) is 0 Å². The predicted octanol–water partition coefficient (Wildman–Crippen LogP) is 2.07. The minimum absolute atomic E-state index is 0. The van der Waals surface area contributed by atoms with Gasteiger partial charge in [0.05, 0.1) is 7.11 Å². The lowest BCUT2D eigenvalue weighted by atomic mass is 10.2. The highest BCUT2D eigenvalue weighted by Crippen LogP contribution is 2.22. The Labute approximate surface area is 184 Å². The normalized spacial score (nSPS) is 17.0. The Morgan fingerprint density at radius 1 is 1.25 bits per heavy atom. The Kier molecular flexibility index (Phi) is 9.14. The van der Waals surface area contributed by atoms with Crippen molar-refractivity contribution < 1.29 is 9.53 Å². The zero-order valence-corrected chi connectivity index (χ0v) is 19.1. The van der Waals surface area contributed by atoms with Gasteiger partial charge in [0, 0.05) is 64.0 Å². The van der Waals surface area contributed by atoms with Crippen molar-refractivity contribution >= 4 is 41.5 Å². The number of guanidine groups is 1. The fourth-order valence-electron chi connectivity index (χ4n) is 3.29. The largest absolute Gasteiger partial charge is 0.497 e. The first-order chi connectivity index (χ1) is 13.2. The number of halogens is 1. The van der Waals surface area contributed by atoms with E-state index in [9.17, 15) is 4.79 Å². The molecular weight excluding hydrogens is 469 g/mol. The fourth-order valence-corrected chi connectivity index (χ4v) is 3.29. The molecule has 2 N–H and O–H groups in total. The summed E-state index contributed by atoms with van der Waals surface area (Å²) in [6.07, 6.45) is 3.67. The standard InChI is InChI=1S/C20H31N5O2.HI/c1-21-20(22-10-4-7-19(26)23-16-8-9-16)25-13-11-24(12-14-25)17-5-3-6-18(15-17)27-2;/h3,5-6,15-16H,4,7-14H2,1-2H3,(H,21,22)(H,23,26);1H. The van der Waals surface area contributed by atoms with Crippen LogP contribution in [0.2, 0.25) is 0 Å². The van der Waals surface area contributed by atoms with Gasteiger partial charge in [0.25, 0.3) is 0 Å². The minimum Gasteiger partial charge on any atom is -0.497 e. The summed E-state index contributed by atoms with van der Waals surface area (Å²) in [5, 5.41) is 6.42. The molecule has 2 fully saturated rings. The van der Waals surface area contributed by atoms with Gasteiger partial charge in [0.1, 0.15) is 5.75 Å². The zero-order chi connectivity index (χ0) is 19.1. The Bertz CT molecular complexity index is 658. The SMILES string of the molecule is CN=C(NCCCC(=O)NC1CC1)N1CCN(c2cccc(OC)c2)CC1.I. The molecule has 1 aromatic rings. The molecule has 1 amide bonds. The van der Waals surface area contributed by atoms with E-state index in [1.807, 2.05) is 19.2 Å². The van der Waals surface area contributed by atoms with Crippen LogP contribution in [0, 0.1) is 0 Å². The van der Waals surface area contributed by atoms with Crippen LogP contribution in [0.25, 0.3) is 0 Å². The van der Waals surface area contributed by atoms with Gasteiger partial charge >= 0.3 is 0 Å². The molecule has 1 aliphatic heterocycles. The summed E-state index contributed by atoms with van der Waals surface area (Å²) in [7, 11) is 3.51. The highest BCUT2D eigenvalue weighted by molar-refractivity contribution is 14.0. The number of nitrogens with zero attached hydrogens (tertiary/aromatic N) is 3. The van der Waals surface area contributed by atoms with E-state index in [0.29, 0.717) is 12.5 Å². The summed E-state index contributed by atoms with van der Waals surface area (Å²) in [6.45, 7) is 4.48. The van der Waals surface area contributed by atoms with Crippen LogP contribution in [0.3, 0.4) is 0 Å². The van der Waals surface area contributed by atoms with Crippen molar-refractivity contribution in [2.45, 2.75) is 31.7 Å². The molecule has 1 aliphatic carbocycles. The molecular formula is C20H32IN5O2. The Morgan fingerprint density at radius 2 is 2.00 bits per heavy atom. The van der Waals surface area contributed by atoms with E-state index in [1.165, 1.54) is 5.69 Å². The third kappa shape index (κ3) is 6.72. The van der Waals surface area contributed by atoms with Gasteiger partial charge < -0.3 is 25.2 Å². The molecule has 0 unspecified atom stereocenters. The summed E-state index contributed by atoms with van der Waals surface area (Å²) in [5.74, 6) is 1.97. The van der Waals surface area contributed by atoms with E-state index in [2.05, 4.69) is 37.6 Å². The van der Waals surface area contributed by atoms with Crippen LogP contribution in [0.1, 0.15) is 25.7 Å². The van der Waals surface area contributed by atoms with Gasteiger partial charge in [-0.15, -0.1) is 24.0 Å². The highest BCUT2D eigenvalue weighted by Gasteiger charge is 2.23. The minimum atomic E-state index is 0. The quantitative estimate of drug-likeness (QED) is 0.259. The van der Waals surface area contributed by atoms with Crippen molar-refractivity contribution in [3.63, 3.8) is 0 Å². The second-order valence-corrected chi connectivity index (χ2v) is 7.09. The Hall–Kier alpha value is -1.71. The molecule has 1 saturated carbocycles. The third-order valence-electron chi connectivity index (χ3n) is 5.02. The number of nitrogens with one attached hydrogen (secondary N) is 2. The summed E-state index contributed by atoms with van der Waals surface area (Å²) in [6, 6.07) is 8.64. The van der Waals surface area contributed by atoms with Gasteiger partial charge in [-0.1, -0.05) is 6.07 Å². The molecule has 0 bridgehead atoms. The highest BCUT2D eigenvalue weighted by atomic mass is 127. The lowest BCUT2D eigenvalue weighted by molar-refractivity contribution is -0.121. The van der Waals surface area contributed by atoms with Crippen molar-refractivity contribution in [2.75, 3.05) is 51.8 Å². The van der Waals surface area contributed by atoms with Crippen LogP contribution in [-0.4, -0.2) is 69.7 Å². The van der Waals surface area contributed by atoms with Gasteiger partial charge in [-0.2, -0.15) is 0 Å². The Balaban J connectivity index is 0.00000280.